The van der Waals surface area contributed by atoms with Crippen molar-refractivity contribution in [2.24, 2.45) is 0 Å². The Hall–Kier alpha value is -2.09. The highest BCUT2D eigenvalue weighted by molar-refractivity contribution is 7.90. The zero-order valence-electron chi connectivity index (χ0n) is 15.2. The molecule has 27 heavy (non-hydrogen) atoms. The first kappa shape index (κ1) is 21.2. The van der Waals surface area contributed by atoms with Crippen molar-refractivity contribution in [3.8, 4) is 5.75 Å². The summed E-state index contributed by atoms with van der Waals surface area (Å²) in [7, 11) is -1.67. The number of para-hydroxylation sites is 1. The van der Waals surface area contributed by atoms with Gasteiger partial charge in [-0.05, 0) is 30.3 Å². The van der Waals surface area contributed by atoms with Crippen LogP contribution in [0.15, 0.2) is 53.4 Å². The maximum atomic E-state index is 13.1. The Balaban J connectivity index is 0.00000261. The second-order valence-corrected chi connectivity index (χ2v) is 8.27. The fourth-order valence-corrected chi connectivity index (χ4v) is 3.81. The van der Waals surface area contributed by atoms with Gasteiger partial charge in [-0.1, -0.05) is 18.2 Å². The van der Waals surface area contributed by atoms with E-state index in [-0.39, 0.29) is 29.3 Å². The summed E-state index contributed by atoms with van der Waals surface area (Å²) in [5.74, 6) is 0.619. The number of hydrogen-bond acceptors (Lipinski definition) is 5. The van der Waals surface area contributed by atoms with Crippen LogP contribution in [0, 0.1) is 0 Å². The van der Waals surface area contributed by atoms with Gasteiger partial charge in [0.15, 0.2) is 9.84 Å². The largest absolute Gasteiger partial charge is 0.496 e. The molecule has 1 fully saturated rings. The van der Waals surface area contributed by atoms with Gasteiger partial charge in [-0.15, -0.1) is 12.4 Å². The van der Waals surface area contributed by atoms with Crippen LogP contribution in [0.5, 0.6) is 5.75 Å². The fourth-order valence-electron chi connectivity index (χ4n) is 3.18. The first-order valence-corrected chi connectivity index (χ1v) is 10.3. The van der Waals surface area contributed by atoms with Gasteiger partial charge in [0.2, 0.25) is 0 Å². The third kappa shape index (κ3) is 4.61. The van der Waals surface area contributed by atoms with Crippen LogP contribution in [0.2, 0.25) is 0 Å². The van der Waals surface area contributed by atoms with E-state index in [4.69, 9.17) is 4.74 Å². The Bertz CT molecular complexity index is 900. The maximum absolute atomic E-state index is 13.1. The van der Waals surface area contributed by atoms with E-state index in [0.29, 0.717) is 25.2 Å². The van der Waals surface area contributed by atoms with Gasteiger partial charge in [-0.2, -0.15) is 0 Å². The number of benzene rings is 2. The minimum Gasteiger partial charge on any atom is -0.496 e. The Morgan fingerprint density at radius 2 is 1.81 bits per heavy atom. The molecule has 0 radical (unpaired) electrons. The Morgan fingerprint density at radius 1 is 1.15 bits per heavy atom. The fraction of sp³-hybridized carbons (Fsp3) is 0.316. The van der Waals surface area contributed by atoms with Crippen molar-refractivity contribution in [1.29, 1.82) is 0 Å². The molecule has 1 amide bonds. The molecule has 1 heterocycles. The SMILES string of the molecule is COc1ccccc1C1CNCCN1C(=O)c1ccc(S(C)(=O)=O)cc1.Cl. The summed E-state index contributed by atoms with van der Waals surface area (Å²) in [6.07, 6.45) is 1.15. The number of rotatable bonds is 4. The summed E-state index contributed by atoms with van der Waals surface area (Å²) in [5, 5.41) is 3.32. The lowest BCUT2D eigenvalue weighted by Gasteiger charge is -2.37. The monoisotopic (exact) mass is 410 g/mol. The summed E-state index contributed by atoms with van der Waals surface area (Å²) < 4.78 is 28.7. The lowest BCUT2D eigenvalue weighted by Crippen LogP contribution is -2.48. The van der Waals surface area contributed by atoms with E-state index < -0.39 is 9.84 Å². The Kier molecular flexibility index (Phi) is 6.86. The first-order chi connectivity index (χ1) is 12.4. The van der Waals surface area contributed by atoms with Crippen molar-refractivity contribution in [3.63, 3.8) is 0 Å². The second-order valence-electron chi connectivity index (χ2n) is 6.26. The standard InChI is InChI=1S/C19H22N2O4S.ClH/c1-25-18-6-4-3-5-16(18)17-13-20-11-12-21(17)19(22)14-7-9-15(10-8-14)26(2,23)24;/h3-10,17,20H,11-13H2,1-2H3;1H. The van der Waals surface area contributed by atoms with Crippen LogP contribution in [0.4, 0.5) is 0 Å². The molecule has 1 aliphatic rings. The predicted molar refractivity (Wildman–Crippen MR) is 106 cm³/mol. The second kappa shape index (κ2) is 8.73. The molecule has 0 aromatic heterocycles. The highest BCUT2D eigenvalue weighted by atomic mass is 35.5. The van der Waals surface area contributed by atoms with Crippen molar-refractivity contribution < 1.29 is 17.9 Å². The van der Waals surface area contributed by atoms with E-state index in [1.165, 1.54) is 12.1 Å². The number of carbonyl (C=O) groups is 1. The number of carbonyl (C=O) groups excluding carboxylic acids is 1. The van der Waals surface area contributed by atoms with Crippen LogP contribution in [0.25, 0.3) is 0 Å². The first-order valence-electron chi connectivity index (χ1n) is 8.36. The van der Waals surface area contributed by atoms with Gasteiger partial charge in [-0.3, -0.25) is 4.79 Å². The molecule has 1 unspecified atom stereocenters. The lowest BCUT2D eigenvalue weighted by molar-refractivity contribution is 0.0631. The van der Waals surface area contributed by atoms with E-state index in [1.54, 1.807) is 19.2 Å². The van der Waals surface area contributed by atoms with Crippen LogP contribution in [0.3, 0.4) is 0 Å². The molecule has 1 aliphatic heterocycles. The summed E-state index contributed by atoms with van der Waals surface area (Å²) >= 11 is 0. The van der Waals surface area contributed by atoms with Crippen molar-refractivity contribution in [3.05, 3.63) is 59.7 Å². The van der Waals surface area contributed by atoms with Gasteiger partial charge >= 0.3 is 0 Å². The number of piperazine rings is 1. The molecule has 1 N–H and O–H groups in total. The number of ether oxygens (including phenoxy) is 1. The van der Waals surface area contributed by atoms with Crippen LogP contribution in [0.1, 0.15) is 22.0 Å². The molecule has 0 saturated carbocycles. The molecular weight excluding hydrogens is 388 g/mol. The number of hydrogen-bond donors (Lipinski definition) is 1. The molecule has 146 valence electrons. The number of sulfone groups is 1. The van der Waals surface area contributed by atoms with Gasteiger partial charge in [0.25, 0.3) is 5.91 Å². The van der Waals surface area contributed by atoms with E-state index in [9.17, 15) is 13.2 Å². The van der Waals surface area contributed by atoms with Gasteiger partial charge in [0.05, 0.1) is 18.0 Å². The van der Waals surface area contributed by atoms with Gasteiger partial charge in [0, 0.05) is 37.0 Å². The number of nitrogens with zero attached hydrogens (tertiary/aromatic N) is 1. The molecule has 8 heteroatoms. The van der Waals surface area contributed by atoms with Crippen molar-refractivity contribution in [1.82, 2.24) is 10.2 Å². The summed E-state index contributed by atoms with van der Waals surface area (Å²) in [6.45, 7) is 1.90. The molecule has 3 rings (SSSR count). The quantitative estimate of drug-likeness (QED) is 0.837. The lowest BCUT2D eigenvalue weighted by atomic mass is 10.0. The number of amides is 1. The summed E-state index contributed by atoms with van der Waals surface area (Å²) in [5.41, 5.74) is 1.42. The topological polar surface area (TPSA) is 75.7 Å². The number of nitrogens with one attached hydrogen (secondary N) is 1. The van der Waals surface area contributed by atoms with E-state index >= 15 is 0 Å². The van der Waals surface area contributed by atoms with E-state index in [0.717, 1.165) is 17.6 Å². The molecule has 1 saturated heterocycles. The predicted octanol–water partition coefficient (Wildman–Crippen LogP) is 2.31. The third-order valence-corrected chi connectivity index (χ3v) is 5.66. The molecule has 6 nitrogen and oxygen atoms in total. The van der Waals surface area contributed by atoms with Crippen LogP contribution >= 0.6 is 12.4 Å². The molecule has 0 aliphatic carbocycles. The normalized spacial score (nSPS) is 17.1. The van der Waals surface area contributed by atoms with Crippen molar-refractivity contribution in [2.75, 3.05) is 33.0 Å². The molecular formula is C19H23ClN2O4S. The zero-order chi connectivity index (χ0) is 18.7. The molecule has 2 aromatic rings. The minimum absolute atomic E-state index is 0. The Morgan fingerprint density at radius 3 is 2.44 bits per heavy atom. The smallest absolute Gasteiger partial charge is 0.254 e. The van der Waals surface area contributed by atoms with Crippen molar-refractivity contribution >= 4 is 28.2 Å². The molecule has 0 bridgehead atoms. The van der Waals surface area contributed by atoms with Crippen LogP contribution in [-0.2, 0) is 9.84 Å². The average Bonchev–Trinajstić information content (AvgIpc) is 2.67. The molecule has 2 aromatic carbocycles. The maximum Gasteiger partial charge on any atom is 0.254 e. The highest BCUT2D eigenvalue weighted by Crippen LogP contribution is 2.31. The highest BCUT2D eigenvalue weighted by Gasteiger charge is 2.30. The average molecular weight is 411 g/mol. The molecule has 0 spiro atoms. The zero-order valence-corrected chi connectivity index (χ0v) is 16.8. The summed E-state index contributed by atoms with van der Waals surface area (Å²) in [4.78, 5) is 15.1. The summed E-state index contributed by atoms with van der Waals surface area (Å²) in [6, 6.07) is 13.6. The van der Waals surface area contributed by atoms with Gasteiger partial charge in [0.1, 0.15) is 5.75 Å². The van der Waals surface area contributed by atoms with E-state index in [2.05, 4.69) is 5.32 Å². The van der Waals surface area contributed by atoms with Gasteiger partial charge < -0.3 is 15.0 Å². The Labute approximate surface area is 165 Å². The van der Waals surface area contributed by atoms with E-state index in [1.807, 2.05) is 29.2 Å². The minimum atomic E-state index is -3.28. The van der Waals surface area contributed by atoms with Crippen LogP contribution < -0.4 is 10.1 Å². The molecule has 1 atom stereocenters. The number of halogens is 1. The van der Waals surface area contributed by atoms with Gasteiger partial charge in [-0.25, -0.2) is 8.42 Å². The third-order valence-electron chi connectivity index (χ3n) is 4.53. The van der Waals surface area contributed by atoms with Crippen LogP contribution in [-0.4, -0.2) is 52.2 Å². The van der Waals surface area contributed by atoms with Crippen molar-refractivity contribution in [2.45, 2.75) is 10.9 Å². The number of methoxy groups -OCH3 is 1.